The highest BCUT2D eigenvalue weighted by atomic mass is 32.2. The van der Waals surface area contributed by atoms with Crippen LogP contribution in [0.5, 0.6) is 11.5 Å². The van der Waals surface area contributed by atoms with Gasteiger partial charge in [-0.25, -0.2) is 0 Å². The minimum absolute atomic E-state index is 0.124. The van der Waals surface area contributed by atoms with Crippen molar-refractivity contribution < 1.29 is 23.0 Å². The fraction of sp³-hybridized carbons (Fsp3) is 0.120. The zero-order valence-corrected chi connectivity index (χ0v) is 18.4. The predicted octanol–water partition coefficient (Wildman–Crippen LogP) is 6.13. The van der Waals surface area contributed by atoms with Crippen molar-refractivity contribution in [1.29, 1.82) is 5.26 Å². The molecule has 0 spiro atoms. The van der Waals surface area contributed by atoms with Gasteiger partial charge in [-0.3, -0.25) is 4.79 Å². The van der Waals surface area contributed by atoms with Crippen LogP contribution in [0.1, 0.15) is 11.1 Å². The number of nitriles is 1. The van der Waals surface area contributed by atoms with Gasteiger partial charge < -0.3 is 14.8 Å². The Labute approximate surface area is 194 Å². The lowest BCUT2D eigenvalue weighted by atomic mass is 10.1. The molecule has 0 aliphatic heterocycles. The van der Waals surface area contributed by atoms with Crippen molar-refractivity contribution in [3.05, 3.63) is 89.5 Å². The molecule has 0 radical (unpaired) electrons. The van der Waals surface area contributed by atoms with Crippen LogP contribution in [-0.4, -0.2) is 18.8 Å². The van der Waals surface area contributed by atoms with E-state index in [1.165, 1.54) is 37.5 Å². The van der Waals surface area contributed by atoms with Crippen molar-refractivity contribution in [3.63, 3.8) is 0 Å². The zero-order valence-electron chi connectivity index (χ0n) is 17.6. The van der Waals surface area contributed by atoms with E-state index >= 15 is 0 Å². The van der Waals surface area contributed by atoms with Gasteiger partial charge in [-0.2, -0.15) is 14.0 Å². The fourth-order valence-corrected chi connectivity index (χ4v) is 3.36. The summed E-state index contributed by atoms with van der Waals surface area (Å²) >= 11 is 0.413. The molecule has 5 nitrogen and oxygen atoms in total. The second-order valence-corrected chi connectivity index (χ2v) is 7.77. The van der Waals surface area contributed by atoms with Gasteiger partial charge in [0, 0.05) is 10.6 Å². The number of benzene rings is 3. The predicted molar refractivity (Wildman–Crippen MR) is 124 cm³/mol. The number of halogens is 2. The van der Waals surface area contributed by atoms with Gasteiger partial charge in [-0.15, -0.1) is 0 Å². The number of amides is 1. The van der Waals surface area contributed by atoms with E-state index in [0.717, 1.165) is 5.56 Å². The lowest BCUT2D eigenvalue weighted by Crippen LogP contribution is -2.13. The molecule has 0 aromatic heterocycles. The number of hydrogen-bond acceptors (Lipinski definition) is 5. The number of anilines is 1. The SMILES string of the molecule is COc1cc(C=C(C#N)C(=O)Nc2ccc(SC(F)F)cc2)ccc1OCc1ccccc1. The third-order valence-corrected chi connectivity index (χ3v) is 5.16. The maximum absolute atomic E-state index is 12.5. The van der Waals surface area contributed by atoms with E-state index in [4.69, 9.17) is 9.47 Å². The molecule has 3 rings (SSSR count). The highest BCUT2D eigenvalue weighted by Crippen LogP contribution is 2.30. The maximum atomic E-state index is 12.5. The molecular formula is C25H20F2N2O3S. The van der Waals surface area contributed by atoms with Gasteiger partial charge in [0.15, 0.2) is 11.5 Å². The summed E-state index contributed by atoms with van der Waals surface area (Å²) in [6.45, 7) is 0.368. The number of ether oxygens (including phenoxy) is 2. The quantitative estimate of drug-likeness (QED) is 0.233. The van der Waals surface area contributed by atoms with E-state index in [9.17, 15) is 18.8 Å². The third kappa shape index (κ3) is 7.09. The second-order valence-electron chi connectivity index (χ2n) is 6.71. The number of methoxy groups -OCH3 is 1. The van der Waals surface area contributed by atoms with E-state index in [-0.39, 0.29) is 5.57 Å². The Hall–Kier alpha value is -3.83. The van der Waals surface area contributed by atoms with Crippen LogP contribution in [0.25, 0.3) is 6.08 Å². The lowest BCUT2D eigenvalue weighted by molar-refractivity contribution is -0.112. The van der Waals surface area contributed by atoms with Crippen molar-refractivity contribution in [2.75, 3.05) is 12.4 Å². The van der Waals surface area contributed by atoms with E-state index in [2.05, 4.69) is 5.32 Å². The van der Waals surface area contributed by atoms with Crippen molar-refractivity contribution in [3.8, 4) is 17.6 Å². The topological polar surface area (TPSA) is 71.3 Å². The van der Waals surface area contributed by atoms with Crippen LogP contribution in [0.4, 0.5) is 14.5 Å². The monoisotopic (exact) mass is 466 g/mol. The molecule has 0 unspecified atom stereocenters. The molecule has 8 heteroatoms. The van der Waals surface area contributed by atoms with E-state index in [0.29, 0.717) is 46.0 Å². The molecule has 0 saturated heterocycles. The average Bonchev–Trinajstić information content (AvgIpc) is 2.83. The summed E-state index contributed by atoms with van der Waals surface area (Å²) in [5, 5.41) is 12.0. The van der Waals surface area contributed by atoms with Crippen molar-refractivity contribution in [2.45, 2.75) is 17.3 Å². The summed E-state index contributed by atoms with van der Waals surface area (Å²) in [6.07, 6.45) is 1.43. The van der Waals surface area contributed by atoms with Crippen LogP contribution in [0, 0.1) is 11.3 Å². The Morgan fingerprint density at radius 1 is 1.09 bits per heavy atom. The highest BCUT2D eigenvalue weighted by Gasteiger charge is 2.12. The van der Waals surface area contributed by atoms with Crippen LogP contribution < -0.4 is 14.8 Å². The summed E-state index contributed by atoms with van der Waals surface area (Å²) < 4.78 is 36.1. The number of carbonyl (C=O) groups is 1. The summed E-state index contributed by atoms with van der Waals surface area (Å²) in [7, 11) is 1.51. The summed E-state index contributed by atoms with van der Waals surface area (Å²) in [5.74, 6) is -2.14. The van der Waals surface area contributed by atoms with Gasteiger partial charge in [0.05, 0.1) is 7.11 Å². The number of thioether (sulfide) groups is 1. The van der Waals surface area contributed by atoms with Crippen LogP contribution in [0.3, 0.4) is 0 Å². The van der Waals surface area contributed by atoms with Gasteiger partial charge in [-0.05, 0) is 53.6 Å². The van der Waals surface area contributed by atoms with E-state index < -0.39 is 11.7 Å². The van der Waals surface area contributed by atoms with Crippen LogP contribution >= 0.6 is 11.8 Å². The normalized spacial score (nSPS) is 11.1. The summed E-state index contributed by atoms with van der Waals surface area (Å²) in [5.41, 5.74) is 1.85. The molecule has 3 aromatic carbocycles. The second kappa shape index (κ2) is 11.7. The van der Waals surface area contributed by atoms with Crippen LogP contribution in [0.2, 0.25) is 0 Å². The molecule has 0 saturated carbocycles. The molecular weight excluding hydrogens is 446 g/mol. The molecule has 33 heavy (non-hydrogen) atoms. The maximum Gasteiger partial charge on any atom is 0.288 e. The number of carbonyl (C=O) groups excluding carboxylic acids is 1. The zero-order chi connectivity index (χ0) is 23.6. The Morgan fingerprint density at radius 2 is 1.82 bits per heavy atom. The number of nitrogens with one attached hydrogen (secondary N) is 1. The van der Waals surface area contributed by atoms with E-state index in [1.807, 2.05) is 36.4 Å². The average molecular weight is 467 g/mol. The van der Waals surface area contributed by atoms with Crippen LogP contribution in [-0.2, 0) is 11.4 Å². The Morgan fingerprint density at radius 3 is 2.45 bits per heavy atom. The van der Waals surface area contributed by atoms with Crippen molar-refractivity contribution >= 4 is 29.4 Å². The molecule has 168 valence electrons. The molecule has 0 aliphatic carbocycles. The first-order valence-electron chi connectivity index (χ1n) is 9.81. The highest BCUT2D eigenvalue weighted by molar-refractivity contribution is 7.99. The minimum Gasteiger partial charge on any atom is -0.493 e. The first-order chi connectivity index (χ1) is 16.0. The summed E-state index contributed by atoms with van der Waals surface area (Å²) in [6, 6.07) is 22.6. The molecule has 3 aromatic rings. The third-order valence-electron chi connectivity index (χ3n) is 4.44. The fourth-order valence-electron chi connectivity index (χ4n) is 2.86. The Kier molecular flexibility index (Phi) is 8.44. The standard InChI is InChI=1S/C25H20F2N2O3S/c1-31-23-14-18(7-12-22(23)32-16-17-5-3-2-4-6-17)13-19(15-28)24(30)29-20-8-10-21(11-9-20)33-25(26)27/h2-14,25H,16H2,1H3,(H,29,30). The minimum atomic E-state index is -2.52. The van der Waals surface area contributed by atoms with Gasteiger partial charge in [0.25, 0.3) is 11.7 Å². The molecule has 1 N–H and O–H groups in total. The molecule has 0 fully saturated rings. The first kappa shape index (κ1) is 23.8. The van der Waals surface area contributed by atoms with Gasteiger partial charge in [0.1, 0.15) is 18.2 Å². The first-order valence-corrected chi connectivity index (χ1v) is 10.7. The van der Waals surface area contributed by atoms with E-state index in [1.54, 1.807) is 18.2 Å². The molecule has 0 heterocycles. The molecule has 0 aliphatic rings. The number of nitrogens with zero attached hydrogens (tertiary/aromatic N) is 1. The Bertz CT molecular complexity index is 1160. The van der Waals surface area contributed by atoms with Gasteiger partial charge >= 0.3 is 0 Å². The van der Waals surface area contributed by atoms with Crippen LogP contribution in [0.15, 0.2) is 83.3 Å². The van der Waals surface area contributed by atoms with Gasteiger partial charge in [-0.1, -0.05) is 48.2 Å². The number of alkyl halides is 2. The summed E-state index contributed by atoms with van der Waals surface area (Å²) in [4.78, 5) is 12.9. The molecule has 1 amide bonds. The van der Waals surface area contributed by atoms with Crippen molar-refractivity contribution in [1.82, 2.24) is 0 Å². The smallest absolute Gasteiger partial charge is 0.288 e. The van der Waals surface area contributed by atoms with Crippen molar-refractivity contribution in [2.24, 2.45) is 0 Å². The molecule has 0 bridgehead atoms. The number of hydrogen-bond donors (Lipinski definition) is 1. The lowest BCUT2D eigenvalue weighted by Gasteiger charge is -2.11. The molecule has 0 atom stereocenters. The Balaban J connectivity index is 1.70. The van der Waals surface area contributed by atoms with Gasteiger partial charge in [0.2, 0.25) is 0 Å². The number of rotatable bonds is 9. The largest absolute Gasteiger partial charge is 0.493 e.